The molecule has 0 saturated carbocycles. The molecule has 0 aromatic heterocycles. The van der Waals surface area contributed by atoms with E-state index in [4.69, 9.17) is 5.11 Å². The van der Waals surface area contributed by atoms with Gasteiger partial charge in [0.15, 0.2) is 6.10 Å². The molecule has 1 unspecified atom stereocenters. The van der Waals surface area contributed by atoms with Crippen molar-refractivity contribution < 1.29 is 23.8 Å². The Labute approximate surface area is 111 Å². The standard InChI is InChI=1S/C11H11BrFNO4/c1-18-8(11(16)17)5-14-10(15)9-6(12)3-2-4-7(9)13/h2-4,8H,5H2,1H3,(H,14,15)(H,16,17). The molecule has 0 heterocycles. The molecular weight excluding hydrogens is 309 g/mol. The zero-order valence-corrected chi connectivity index (χ0v) is 11.0. The van der Waals surface area contributed by atoms with Crippen LogP contribution in [0.4, 0.5) is 4.39 Å². The fourth-order valence-corrected chi connectivity index (χ4v) is 1.78. The fraction of sp³-hybridized carbons (Fsp3) is 0.273. The van der Waals surface area contributed by atoms with E-state index < -0.39 is 23.8 Å². The molecule has 0 radical (unpaired) electrons. The summed E-state index contributed by atoms with van der Waals surface area (Å²) in [6.45, 7) is -0.245. The number of methoxy groups -OCH3 is 1. The highest BCUT2D eigenvalue weighted by molar-refractivity contribution is 9.10. The summed E-state index contributed by atoms with van der Waals surface area (Å²) in [6.07, 6.45) is -1.17. The van der Waals surface area contributed by atoms with Crippen molar-refractivity contribution in [2.45, 2.75) is 6.10 Å². The zero-order chi connectivity index (χ0) is 13.7. The van der Waals surface area contributed by atoms with Gasteiger partial charge in [-0.25, -0.2) is 9.18 Å². The number of rotatable bonds is 5. The predicted molar refractivity (Wildman–Crippen MR) is 64.9 cm³/mol. The molecule has 0 spiro atoms. The minimum Gasteiger partial charge on any atom is -0.479 e. The van der Waals surface area contributed by atoms with Crippen molar-refractivity contribution in [2.24, 2.45) is 0 Å². The highest BCUT2D eigenvalue weighted by atomic mass is 79.9. The number of carbonyl (C=O) groups is 2. The van der Waals surface area contributed by atoms with Gasteiger partial charge in [0.2, 0.25) is 0 Å². The van der Waals surface area contributed by atoms with Crippen molar-refractivity contribution >= 4 is 27.8 Å². The lowest BCUT2D eigenvalue weighted by Gasteiger charge is -2.12. The number of hydrogen-bond acceptors (Lipinski definition) is 3. The van der Waals surface area contributed by atoms with Crippen LogP contribution in [0.1, 0.15) is 10.4 Å². The first-order valence-electron chi connectivity index (χ1n) is 4.95. The molecule has 0 fully saturated rings. The number of nitrogens with one attached hydrogen (secondary N) is 1. The van der Waals surface area contributed by atoms with Crippen molar-refractivity contribution in [1.82, 2.24) is 5.32 Å². The van der Waals surface area contributed by atoms with Gasteiger partial charge < -0.3 is 15.2 Å². The monoisotopic (exact) mass is 319 g/mol. The minimum atomic E-state index is -1.20. The maximum Gasteiger partial charge on any atom is 0.334 e. The van der Waals surface area contributed by atoms with Crippen molar-refractivity contribution in [3.8, 4) is 0 Å². The van der Waals surface area contributed by atoms with Crippen molar-refractivity contribution in [1.29, 1.82) is 0 Å². The van der Waals surface area contributed by atoms with E-state index >= 15 is 0 Å². The van der Waals surface area contributed by atoms with Gasteiger partial charge in [-0.1, -0.05) is 6.07 Å². The van der Waals surface area contributed by atoms with Gasteiger partial charge in [-0.3, -0.25) is 4.79 Å². The Morgan fingerprint density at radius 3 is 2.72 bits per heavy atom. The number of halogens is 2. The van der Waals surface area contributed by atoms with Crippen LogP contribution in [0.15, 0.2) is 22.7 Å². The summed E-state index contributed by atoms with van der Waals surface area (Å²) in [6, 6.07) is 4.11. The normalized spacial score (nSPS) is 11.9. The van der Waals surface area contributed by atoms with E-state index in [1.54, 1.807) is 0 Å². The minimum absolute atomic E-state index is 0.169. The van der Waals surface area contributed by atoms with Crippen LogP contribution < -0.4 is 5.32 Å². The van der Waals surface area contributed by atoms with Crippen molar-refractivity contribution in [2.75, 3.05) is 13.7 Å². The first-order chi connectivity index (χ1) is 8.47. The number of benzene rings is 1. The molecule has 1 aromatic carbocycles. The van der Waals surface area contributed by atoms with Crippen LogP contribution in [0, 0.1) is 5.82 Å². The van der Waals surface area contributed by atoms with Crippen LogP contribution in [0.25, 0.3) is 0 Å². The number of hydrogen-bond donors (Lipinski definition) is 2. The molecule has 18 heavy (non-hydrogen) atoms. The molecule has 98 valence electrons. The predicted octanol–water partition coefficient (Wildman–Crippen LogP) is 1.42. The number of ether oxygens (including phenoxy) is 1. The molecule has 1 aromatic rings. The van der Waals surface area contributed by atoms with E-state index in [1.165, 1.54) is 19.2 Å². The first kappa shape index (κ1) is 14.6. The van der Waals surface area contributed by atoms with Gasteiger partial charge in [0.1, 0.15) is 5.82 Å². The Hall–Kier alpha value is -1.47. The topological polar surface area (TPSA) is 75.6 Å². The van der Waals surface area contributed by atoms with Crippen LogP contribution in [0.2, 0.25) is 0 Å². The maximum absolute atomic E-state index is 13.4. The summed E-state index contributed by atoms with van der Waals surface area (Å²) in [7, 11) is 1.21. The zero-order valence-electron chi connectivity index (χ0n) is 9.44. The smallest absolute Gasteiger partial charge is 0.334 e. The number of carbonyl (C=O) groups excluding carboxylic acids is 1. The Bertz CT molecular complexity index is 446. The summed E-state index contributed by atoms with van der Waals surface area (Å²) < 4.78 is 18.4. The third kappa shape index (κ3) is 3.51. The second kappa shape index (κ2) is 6.46. The molecule has 1 atom stereocenters. The highest BCUT2D eigenvalue weighted by Gasteiger charge is 2.20. The van der Waals surface area contributed by atoms with Gasteiger partial charge in [-0.2, -0.15) is 0 Å². The van der Waals surface area contributed by atoms with E-state index in [1.807, 2.05) is 0 Å². The number of carboxylic acids is 1. The Kier molecular flexibility index (Phi) is 5.24. The second-order valence-corrected chi connectivity index (χ2v) is 4.22. The third-order valence-electron chi connectivity index (χ3n) is 2.20. The number of aliphatic carboxylic acids is 1. The molecule has 7 heteroatoms. The quantitative estimate of drug-likeness (QED) is 0.860. The molecule has 1 rings (SSSR count). The van der Waals surface area contributed by atoms with Gasteiger partial charge >= 0.3 is 5.97 Å². The van der Waals surface area contributed by atoms with E-state index in [0.717, 1.165) is 6.07 Å². The molecule has 0 bridgehead atoms. The summed E-state index contributed by atoms with van der Waals surface area (Å²) in [4.78, 5) is 22.4. The van der Waals surface area contributed by atoms with Gasteiger partial charge in [0.05, 0.1) is 12.1 Å². The van der Waals surface area contributed by atoms with Crippen LogP contribution in [0.5, 0.6) is 0 Å². The third-order valence-corrected chi connectivity index (χ3v) is 2.86. The molecule has 0 aliphatic rings. The average Bonchev–Trinajstić information content (AvgIpc) is 2.29. The molecule has 0 aliphatic heterocycles. The lowest BCUT2D eigenvalue weighted by atomic mass is 10.2. The lowest BCUT2D eigenvalue weighted by Crippen LogP contribution is -2.38. The van der Waals surface area contributed by atoms with E-state index in [2.05, 4.69) is 26.0 Å². The average molecular weight is 320 g/mol. The summed E-state index contributed by atoms with van der Waals surface area (Å²) in [5.41, 5.74) is -0.169. The van der Waals surface area contributed by atoms with E-state index in [9.17, 15) is 14.0 Å². The molecule has 5 nitrogen and oxygen atoms in total. The molecule has 0 aliphatic carbocycles. The maximum atomic E-state index is 13.4. The van der Waals surface area contributed by atoms with Gasteiger partial charge in [0, 0.05) is 11.6 Å². The summed E-state index contributed by atoms with van der Waals surface area (Å²) >= 11 is 3.05. The number of amides is 1. The molecular formula is C11H11BrFNO4. The highest BCUT2D eigenvalue weighted by Crippen LogP contribution is 2.19. The van der Waals surface area contributed by atoms with E-state index in [-0.39, 0.29) is 12.1 Å². The largest absolute Gasteiger partial charge is 0.479 e. The molecule has 2 N–H and O–H groups in total. The van der Waals surface area contributed by atoms with Crippen LogP contribution in [-0.4, -0.2) is 36.7 Å². The van der Waals surface area contributed by atoms with Crippen molar-refractivity contribution in [3.63, 3.8) is 0 Å². The van der Waals surface area contributed by atoms with Gasteiger partial charge in [-0.05, 0) is 28.1 Å². The SMILES string of the molecule is COC(CNC(=O)c1c(F)cccc1Br)C(=O)O. The molecule has 1 amide bonds. The van der Waals surface area contributed by atoms with Crippen LogP contribution in [-0.2, 0) is 9.53 Å². The van der Waals surface area contributed by atoms with Gasteiger partial charge in [0.25, 0.3) is 5.91 Å². The van der Waals surface area contributed by atoms with Crippen molar-refractivity contribution in [3.05, 3.63) is 34.1 Å². The fourth-order valence-electron chi connectivity index (χ4n) is 1.26. The summed E-state index contributed by atoms with van der Waals surface area (Å²) in [5.74, 6) is -2.60. The van der Waals surface area contributed by atoms with Crippen LogP contribution >= 0.6 is 15.9 Å². The van der Waals surface area contributed by atoms with Gasteiger partial charge in [-0.15, -0.1) is 0 Å². The second-order valence-electron chi connectivity index (χ2n) is 3.37. The van der Waals surface area contributed by atoms with E-state index in [0.29, 0.717) is 4.47 Å². The Morgan fingerprint density at radius 2 is 2.22 bits per heavy atom. The summed E-state index contributed by atoms with van der Waals surface area (Å²) in [5, 5.41) is 11.0. The number of carboxylic acid groups (broad SMARTS) is 1. The Balaban J connectivity index is 2.74. The molecule has 0 saturated heterocycles. The lowest BCUT2D eigenvalue weighted by molar-refractivity contribution is -0.148. The van der Waals surface area contributed by atoms with Crippen LogP contribution in [0.3, 0.4) is 0 Å². The Morgan fingerprint density at radius 1 is 1.56 bits per heavy atom. The first-order valence-corrected chi connectivity index (χ1v) is 5.74.